The van der Waals surface area contributed by atoms with Gasteiger partial charge in [-0.05, 0) is 11.1 Å². The number of hydrogen-bond acceptors (Lipinski definition) is 3. The largest absolute Gasteiger partial charge is 0.340 e. The van der Waals surface area contributed by atoms with Crippen molar-refractivity contribution >= 4 is 18.1 Å². The molecule has 0 aliphatic carbocycles. The SMILES string of the molecule is O=CC1CN(C(=O)Cc2ccccc2)CCN(C(=O)Cc2ccccc2)C1. The molecule has 5 heteroatoms. The van der Waals surface area contributed by atoms with Crippen LogP contribution in [-0.2, 0) is 27.2 Å². The molecule has 0 unspecified atom stereocenters. The Morgan fingerprint density at radius 1 is 0.778 bits per heavy atom. The van der Waals surface area contributed by atoms with Crippen molar-refractivity contribution < 1.29 is 14.4 Å². The van der Waals surface area contributed by atoms with Crippen molar-refractivity contribution in [3.8, 4) is 0 Å². The molecule has 1 heterocycles. The van der Waals surface area contributed by atoms with E-state index in [1.807, 2.05) is 60.7 Å². The van der Waals surface area contributed by atoms with E-state index in [1.165, 1.54) is 0 Å². The van der Waals surface area contributed by atoms with Crippen molar-refractivity contribution in [2.75, 3.05) is 26.2 Å². The molecule has 0 atom stereocenters. The number of amides is 2. The van der Waals surface area contributed by atoms with Gasteiger partial charge in [-0.25, -0.2) is 0 Å². The van der Waals surface area contributed by atoms with Crippen LogP contribution in [-0.4, -0.2) is 54.1 Å². The highest BCUT2D eigenvalue weighted by Gasteiger charge is 2.27. The van der Waals surface area contributed by atoms with Crippen molar-refractivity contribution in [2.24, 2.45) is 5.92 Å². The lowest BCUT2D eigenvalue weighted by Crippen LogP contribution is -2.38. The first-order valence-corrected chi connectivity index (χ1v) is 9.24. The number of benzene rings is 2. The minimum atomic E-state index is -0.355. The molecule has 2 amide bonds. The Bertz CT molecular complexity index is 713. The van der Waals surface area contributed by atoms with Gasteiger partial charge in [0.15, 0.2) is 0 Å². The summed E-state index contributed by atoms with van der Waals surface area (Å²) >= 11 is 0. The monoisotopic (exact) mass is 364 g/mol. The summed E-state index contributed by atoms with van der Waals surface area (Å²) in [5.74, 6) is -0.372. The predicted octanol–water partition coefficient (Wildman–Crippen LogP) is 1.96. The van der Waals surface area contributed by atoms with Crippen molar-refractivity contribution in [3.63, 3.8) is 0 Å². The fourth-order valence-electron chi connectivity index (χ4n) is 3.35. The molecule has 1 fully saturated rings. The average Bonchev–Trinajstić information content (AvgIpc) is 2.92. The van der Waals surface area contributed by atoms with Crippen molar-refractivity contribution in [1.82, 2.24) is 9.80 Å². The smallest absolute Gasteiger partial charge is 0.227 e. The lowest BCUT2D eigenvalue weighted by atomic mass is 10.1. The maximum Gasteiger partial charge on any atom is 0.227 e. The van der Waals surface area contributed by atoms with E-state index in [0.717, 1.165) is 17.4 Å². The summed E-state index contributed by atoms with van der Waals surface area (Å²) in [7, 11) is 0. The van der Waals surface area contributed by atoms with Crippen LogP contribution in [0, 0.1) is 5.92 Å². The lowest BCUT2D eigenvalue weighted by molar-refractivity contribution is -0.132. The number of carbonyl (C=O) groups is 3. The fourth-order valence-corrected chi connectivity index (χ4v) is 3.35. The summed E-state index contributed by atoms with van der Waals surface area (Å²) in [5, 5.41) is 0. The van der Waals surface area contributed by atoms with E-state index in [1.54, 1.807) is 9.80 Å². The van der Waals surface area contributed by atoms with Gasteiger partial charge in [0.1, 0.15) is 6.29 Å². The van der Waals surface area contributed by atoms with Crippen LogP contribution < -0.4 is 0 Å². The molecule has 27 heavy (non-hydrogen) atoms. The quantitative estimate of drug-likeness (QED) is 0.762. The number of hydrogen-bond donors (Lipinski definition) is 0. The zero-order chi connectivity index (χ0) is 19.1. The van der Waals surface area contributed by atoms with Gasteiger partial charge >= 0.3 is 0 Å². The molecule has 2 aromatic carbocycles. The van der Waals surface area contributed by atoms with Crippen LogP contribution in [0.1, 0.15) is 11.1 Å². The minimum absolute atomic E-state index is 0.00888. The van der Waals surface area contributed by atoms with E-state index >= 15 is 0 Å². The Hall–Kier alpha value is -2.95. The number of carbonyl (C=O) groups excluding carboxylic acids is 3. The molecule has 3 rings (SSSR count). The number of aldehydes is 1. The summed E-state index contributed by atoms with van der Waals surface area (Å²) < 4.78 is 0. The highest BCUT2D eigenvalue weighted by molar-refractivity contribution is 5.81. The molecule has 0 bridgehead atoms. The Morgan fingerprint density at radius 2 is 1.19 bits per heavy atom. The molecule has 0 saturated carbocycles. The molecule has 0 spiro atoms. The summed E-state index contributed by atoms with van der Waals surface area (Å²) in [4.78, 5) is 40.2. The lowest BCUT2D eigenvalue weighted by Gasteiger charge is -2.22. The molecule has 0 N–H and O–H groups in total. The van der Waals surface area contributed by atoms with Crippen LogP contribution in [0.5, 0.6) is 0 Å². The maximum atomic E-state index is 12.7. The van der Waals surface area contributed by atoms with E-state index in [-0.39, 0.29) is 17.7 Å². The second-order valence-corrected chi connectivity index (χ2v) is 6.90. The first-order valence-electron chi connectivity index (χ1n) is 9.24. The molecule has 2 aromatic rings. The van der Waals surface area contributed by atoms with Crippen molar-refractivity contribution in [3.05, 3.63) is 71.8 Å². The maximum absolute atomic E-state index is 12.7. The second-order valence-electron chi connectivity index (χ2n) is 6.90. The van der Waals surface area contributed by atoms with E-state index in [4.69, 9.17) is 0 Å². The Kier molecular flexibility index (Phi) is 6.36. The third kappa shape index (κ3) is 5.26. The van der Waals surface area contributed by atoms with Gasteiger partial charge in [-0.15, -0.1) is 0 Å². The fraction of sp³-hybridized carbons (Fsp3) is 0.318. The molecule has 1 saturated heterocycles. The molecular formula is C22H24N2O3. The van der Waals surface area contributed by atoms with Gasteiger partial charge < -0.3 is 14.6 Å². The normalized spacial score (nSPS) is 15.3. The molecular weight excluding hydrogens is 340 g/mol. The zero-order valence-corrected chi connectivity index (χ0v) is 15.3. The standard InChI is InChI=1S/C22H24N2O3/c25-17-20-15-23(21(26)13-18-7-3-1-4-8-18)11-12-24(16-20)22(27)14-19-9-5-2-6-10-19/h1-10,17,20H,11-16H2. The van der Waals surface area contributed by atoms with Gasteiger partial charge in [0.05, 0.1) is 12.8 Å². The van der Waals surface area contributed by atoms with Gasteiger partial charge in [-0.3, -0.25) is 9.59 Å². The zero-order valence-electron chi connectivity index (χ0n) is 15.3. The predicted molar refractivity (Wildman–Crippen MR) is 103 cm³/mol. The van der Waals surface area contributed by atoms with Crippen LogP contribution in [0.2, 0.25) is 0 Å². The molecule has 0 aromatic heterocycles. The average molecular weight is 364 g/mol. The van der Waals surface area contributed by atoms with Gasteiger partial charge in [0.2, 0.25) is 11.8 Å². The minimum Gasteiger partial charge on any atom is -0.340 e. The number of nitrogens with zero attached hydrogens (tertiary/aromatic N) is 2. The van der Waals surface area contributed by atoms with Crippen molar-refractivity contribution in [2.45, 2.75) is 12.8 Å². The first kappa shape index (κ1) is 18.8. The molecule has 1 aliphatic rings. The molecule has 0 radical (unpaired) electrons. The topological polar surface area (TPSA) is 57.7 Å². The Morgan fingerprint density at radius 3 is 1.56 bits per heavy atom. The van der Waals surface area contributed by atoms with Crippen LogP contribution in [0.3, 0.4) is 0 Å². The van der Waals surface area contributed by atoms with Crippen LogP contribution in [0.4, 0.5) is 0 Å². The van der Waals surface area contributed by atoms with E-state index in [0.29, 0.717) is 39.0 Å². The highest BCUT2D eigenvalue weighted by Crippen LogP contribution is 2.13. The Balaban J connectivity index is 1.63. The van der Waals surface area contributed by atoms with Gasteiger partial charge in [-0.1, -0.05) is 60.7 Å². The third-order valence-electron chi connectivity index (χ3n) is 4.84. The van der Waals surface area contributed by atoms with Gasteiger partial charge in [0.25, 0.3) is 0 Å². The van der Waals surface area contributed by atoms with Crippen molar-refractivity contribution in [1.29, 1.82) is 0 Å². The summed E-state index contributed by atoms with van der Waals surface area (Å²) in [5.41, 5.74) is 1.90. The second kappa shape index (κ2) is 9.12. The molecule has 140 valence electrons. The van der Waals surface area contributed by atoms with Crippen LogP contribution in [0.25, 0.3) is 0 Å². The van der Waals surface area contributed by atoms with E-state index < -0.39 is 0 Å². The highest BCUT2D eigenvalue weighted by atomic mass is 16.2. The Labute approximate surface area is 159 Å². The van der Waals surface area contributed by atoms with E-state index in [2.05, 4.69) is 0 Å². The molecule has 1 aliphatic heterocycles. The van der Waals surface area contributed by atoms with Gasteiger partial charge in [-0.2, -0.15) is 0 Å². The van der Waals surface area contributed by atoms with Crippen LogP contribution in [0.15, 0.2) is 60.7 Å². The summed E-state index contributed by atoms with van der Waals surface area (Å²) in [6.07, 6.45) is 1.48. The van der Waals surface area contributed by atoms with Gasteiger partial charge in [0, 0.05) is 32.1 Å². The van der Waals surface area contributed by atoms with E-state index in [9.17, 15) is 14.4 Å². The third-order valence-corrected chi connectivity index (χ3v) is 4.84. The van der Waals surface area contributed by atoms with Crippen LogP contribution >= 0.6 is 0 Å². The number of rotatable bonds is 5. The summed E-state index contributed by atoms with van der Waals surface area (Å²) in [6.45, 7) is 1.64. The molecule has 5 nitrogen and oxygen atoms in total. The summed E-state index contributed by atoms with van der Waals surface area (Å²) in [6, 6.07) is 19.1. The first-order chi connectivity index (χ1) is 13.2.